The third-order valence-electron chi connectivity index (χ3n) is 6.14. The maximum atomic E-state index is 12.8. The summed E-state index contributed by atoms with van der Waals surface area (Å²) in [5, 5.41) is 20.1. The van der Waals surface area contributed by atoms with Crippen molar-refractivity contribution in [2.75, 3.05) is 25.2 Å². The molecule has 1 aromatic carbocycles. The van der Waals surface area contributed by atoms with Gasteiger partial charge in [0.1, 0.15) is 18.5 Å². The second kappa shape index (κ2) is 8.62. The van der Waals surface area contributed by atoms with Crippen molar-refractivity contribution in [1.82, 2.24) is 25.5 Å². The average molecular weight is 448 g/mol. The molecule has 0 saturated carbocycles. The molecule has 3 aromatic rings. The van der Waals surface area contributed by atoms with Crippen molar-refractivity contribution in [3.63, 3.8) is 0 Å². The second-order valence-corrected chi connectivity index (χ2v) is 8.22. The van der Waals surface area contributed by atoms with Gasteiger partial charge in [0.05, 0.1) is 0 Å². The van der Waals surface area contributed by atoms with Gasteiger partial charge < -0.3 is 20.1 Å². The van der Waals surface area contributed by atoms with Crippen molar-refractivity contribution in [1.29, 1.82) is 0 Å². The monoisotopic (exact) mass is 448 g/mol. The number of benzene rings is 1. The number of aromatic nitrogens is 4. The van der Waals surface area contributed by atoms with Crippen LogP contribution in [0.25, 0.3) is 0 Å². The first-order valence-corrected chi connectivity index (χ1v) is 10.9. The highest BCUT2D eigenvalue weighted by Gasteiger charge is 2.33. The molecule has 2 aliphatic rings. The van der Waals surface area contributed by atoms with Gasteiger partial charge in [-0.2, -0.15) is 0 Å². The Labute approximate surface area is 190 Å². The lowest BCUT2D eigenvalue weighted by Gasteiger charge is -2.19. The van der Waals surface area contributed by atoms with E-state index in [1.165, 1.54) is 10.5 Å². The number of nitrogens with one attached hydrogen (secondary N) is 2. The molecular formula is C23H24N6O4. The standard InChI is InChI=1S/C23H24N6O4/c1-29-21-18(3-2-9-24-21)33-12-17(23(29)32)25-22(31)20-26-19(27-28-20)16-7-5-14-11-13(8-10-30)4-6-15(14)16/h2-4,6,9,11,16-17,30H,5,7-8,10,12H2,1H3,(H,25,31)(H,26,27,28)/t16?,17-/m0/s1. The number of ether oxygens (including phenoxy) is 1. The van der Waals surface area contributed by atoms with Gasteiger partial charge in [-0.15, -0.1) is 10.2 Å². The predicted molar refractivity (Wildman–Crippen MR) is 118 cm³/mol. The normalized spacial score (nSPS) is 19.5. The number of amides is 2. The minimum atomic E-state index is -0.887. The first-order valence-electron chi connectivity index (χ1n) is 10.9. The number of aliphatic hydroxyl groups excluding tert-OH is 1. The zero-order valence-electron chi connectivity index (χ0n) is 18.1. The molecule has 0 spiro atoms. The lowest BCUT2D eigenvalue weighted by molar-refractivity contribution is -0.120. The number of likely N-dealkylation sites (N-methyl/N-ethyl adjacent to an activating group) is 1. The van der Waals surface area contributed by atoms with Crippen LogP contribution in [-0.4, -0.2) is 63.4 Å². The molecule has 0 saturated heterocycles. The van der Waals surface area contributed by atoms with E-state index >= 15 is 0 Å². The van der Waals surface area contributed by atoms with Crippen molar-refractivity contribution in [2.45, 2.75) is 31.2 Å². The molecule has 1 aliphatic carbocycles. The van der Waals surface area contributed by atoms with E-state index < -0.39 is 11.9 Å². The van der Waals surface area contributed by atoms with Crippen LogP contribution in [0.3, 0.4) is 0 Å². The van der Waals surface area contributed by atoms with Crippen LogP contribution in [0, 0.1) is 0 Å². The summed E-state index contributed by atoms with van der Waals surface area (Å²) < 4.78 is 5.69. The molecule has 3 N–H and O–H groups in total. The van der Waals surface area contributed by atoms with E-state index in [9.17, 15) is 9.59 Å². The Kier molecular flexibility index (Phi) is 5.51. The highest BCUT2D eigenvalue weighted by molar-refractivity contribution is 6.01. The predicted octanol–water partition coefficient (Wildman–Crippen LogP) is 0.966. The van der Waals surface area contributed by atoms with Gasteiger partial charge in [-0.25, -0.2) is 4.98 Å². The van der Waals surface area contributed by atoms with Crippen molar-refractivity contribution in [2.24, 2.45) is 0 Å². The number of rotatable bonds is 5. The van der Waals surface area contributed by atoms with Crippen LogP contribution in [0.2, 0.25) is 0 Å². The van der Waals surface area contributed by atoms with E-state index in [1.54, 1.807) is 25.4 Å². The number of anilines is 1. The van der Waals surface area contributed by atoms with E-state index in [1.807, 2.05) is 6.07 Å². The topological polar surface area (TPSA) is 133 Å². The summed E-state index contributed by atoms with van der Waals surface area (Å²) in [6.45, 7) is 0.108. The number of H-pyrrole nitrogens is 1. The van der Waals surface area contributed by atoms with Gasteiger partial charge in [-0.3, -0.25) is 14.5 Å². The van der Waals surface area contributed by atoms with E-state index in [2.05, 4.69) is 37.6 Å². The maximum Gasteiger partial charge on any atom is 0.289 e. The Morgan fingerprint density at radius 2 is 2.21 bits per heavy atom. The second-order valence-electron chi connectivity index (χ2n) is 8.22. The Morgan fingerprint density at radius 3 is 3.06 bits per heavy atom. The highest BCUT2D eigenvalue weighted by Crippen LogP contribution is 2.37. The maximum absolute atomic E-state index is 12.8. The van der Waals surface area contributed by atoms with Crippen molar-refractivity contribution in [3.8, 4) is 5.75 Å². The smallest absolute Gasteiger partial charge is 0.289 e. The van der Waals surface area contributed by atoms with Crippen molar-refractivity contribution < 1.29 is 19.4 Å². The molecule has 2 amide bonds. The van der Waals surface area contributed by atoms with Gasteiger partial charge in [0.2, 0.25) is 5.82 Å². The number of fused-ring (bicyclic) bond motifs is 2. The Balaban J connectivity index is 1.29. The molecule has 10 nitrogen and oxygen atoms in total. The summed E-state index contributed by atoms with van der Waals surface area (Å²) in [4.78, 5) is 34.3. The third-order valence-corrected chi connectivity index (χ3v) is 6.14. The first-order chi connectivity index (χ1) is 16.0. The van der Waals surface area contributed by atoms with Crippen LogP contribution in [0.1, 0.15) is 45.5 Å². The number of carbonyl (C=O) groups is 2. The Bertz CT molecular complexity index is 1210. The lowest BCUT2D eigenvalue weighted by atomic mass is 9.98. The Morgan fingerprint density at radius 1 is 1.33 bits per heavy atom. The van der Waals surface area contributed by atoms with Crippen LogP contribution in [0.15, 0.2) is 36.5 Å². The van der Waals surface area contributed by atoms with Crippen molar-refractivity contribution >= 4 is 17.6 Å². The average Bonchev–Trinajstić information content (AvgIpc) is 3.45. The fourth-order valence-electron chi connectivity index (χ4n) is 4.43. The molecule has 3 heterocycles. The SMILES string of the molecule is CN1C(=O)[C@@H](NC(=O)c2nnc(C3CCc4cc(CCO)ccc43)[nH]2)COc2cccnc21. The van der Waals surface area contributed by atoms with Gasteiger partial charge in [-0.05, 0) is 48.1 Å². The molecule has 2 atom stereocenters. The minimum absolute atomic E-state index is 0.0131. The van der Waals surface area contributed by atoms with Gasteiger partial charge in [0, 0.05) is 25.8 Å². The number of aliphatic hydroxyl groups is 1. The number of hydrogen-bond acceptors (Lipinski definition) is 7. The molecule has 0 radical (unpaired) electrons. The molecule has 1 aliphatic heterocycles. The van der Waals surface area contributed by atoms with Crippen molar-refractivity contribution in [3.05, 3.63) is 64.9 Å². The zero-order chi connectivity index (χ0) is 22.9. The number of pyridine rings is 1. The van der Waals surface area contributed by atoms with E-state index in [0.717, 1.165) is 24.0 Å². The number of aromatic amines is 1. The van der Waals surface area contributed by atoms with Gasteiger partial charge >= 0.3 is 0 Å². The van der Waals surface area contributed by atoms with E-state index in [-0.39, 0.29) is 30.9 Å². The van der Waals surface area contributed by atoms with Crippen LogP contribution in [0.5, 0.6) is 5.75 Å². The first kappa shape index (κ1) is 21.1. The summed E-state index contributed by atoms with van der Waals surface area (Å²) in [7, 11) is 1.60. The van der Waals surface area contributed by atoms with Crippen LogP contribution >= 0.6 is 0 Å². The number of hydrogen-bond donors (Lipinski definition) is 3. The summed E-state index contributed by atoms with van der Waals surface area (Å²) in [5.74, 6) is 0.712. The number of nitrogens with zero attached hydrogens (tertiary/aromatic N) is 4. The van der Waals surface area contributed by atoms with Gasteiger partial charge in [-0.1, -0.05) is 18.2 Å². The molecular weight excluding hydrogens is 424 g/mol. The lowest BCUT2D eigenvalue weighted by Crippen LogP contribution is -2.49. The molecule has 1 unspecified atom stereocenters. The fraction of sp³-hybridized carbons (Fsp3) is 0.348. The van der Waals surface area contributed by atoms with Crippen LogP contribution < -0.4 is 15.0 Å². The number of carbonyl (C=O) groups excluding carboxylic acids is 2. The van der Waals surface area contributed by atoms with Gasteiger partial charge in [0.15, 0.2) is 11.6 Å². The van der Waals surface area contributed by atoms with E-state index in [0.29, 0.717) is 23.8 Å². The molecule has 5 rings (SSSR count). The molecule has 33 heavy (non-hydrogen) atoms. The summed E-state index contributed by atoms with van der Waals surface area (Å²) in [6, 6.07) is 8.76. The van der Waals surface area contributed by atoms with Crippen LogP contribution in [0.4, 0.5) is 5.82 Å². The largest absolute Gasteiger partial charge is 0.487 e. The molecule has 0 fully saturated rings. The third kappa shape index (κ3) is 3.93. The van der Waals surface area contributed by atoms with Gasteiger partial charge in [0.25, 0.3) is 11.8 Å². The quantitative estimate of drug-likeness (QED) is 0.530. The molecule has 0 bridgehead atoms. The fourth-order valence-corrected chi connectivity index (χ4v) is 4.43. The summed E-state index contributed by atoms with van der Waals surface area (Å²) in [6.07, 6.45) is 3.97. The summed E-state index contributed by atoms with van der Waals surface area (Å²) >= 11 is 0. The molecule has 2 aromatic heterocycles. The van der Waals surface area contributed by atoms with Crippen LogP contribution in [-0.2, 0) is 17.6 Å². The molecule has 170 valence electrons. The number of aryl methyl sites for hydroxylation is 1. The van der Waals surface area contributed by atoms with E-state index in [4.69, 9.17) is 9.84 Å². The molecule has 10 heteroatoms. The summed E-state index contributed by atoms with van der Waals surface area (Å²) in [5.41, 5.74) is 3.48. The highest BCUT2D eigenvalue weighted by atomic mass is 16.5. The minimum Gasteiger partial charge on any atom is -0.487 e. The Hall–Kier alpha value is -3.79. The zero-order valence-corrected chi connectivity index (χ0v) is 18.1.